The monoisotopic (exact) mass is 197 g/mol. The molecule has 1 unspecified atom stereocenters. The molecule has 1 rings (SSSR count). The minimum atomic E-state index is -1.05. The molecular formula is C10H12FNO2. The van der Waals surface area contributed by atoms with Crippen LogP contribution in [0.3, 0.4) is 0 Å². The number of benzene rings is 1. The Morgan fingerprint density at radius 1 is 1.64 bits per heavy atom. The summed E-state index contributed by atoms with van der Waals surface area (Å²) in [7, 11) is 0. The smallest absolute Gasteiger partial charge is 0.335 e. The highest BCUT2D eigenvalue weighted by Crippen LogP contribution is 2.13. The molecule has 1 aromatic carbocycles. The quantitative estimate of drug-likeness (QED) is 0.770. The van der Waals surface area contributed by atoms with Gasteiger partial charge in [0.2, 0.25) is 0 Å². The first kappa shape index (κ1) is 10.7. The van der Waals surface area contributed by atoms with Gasteiger partial charge < -0.3 is 10.8 Å². The molecule has 14 heavy (non-hydrogen) atoms. The summed E-state index contributed by atoms with van der Waals surface area (Å²) in [6, 6.07) is 3.42. The van der Waals surface area contributed by atoms with E-state index in [0.29, 0.717) is 12.0 Å². The van der Waals surface area contributed by atoms with Crippen molar-refractivity contribution in [1.82, 2.24) is 0 Å². The maximum atomic E-state index is 12.8. The Labute approximate surface area is 81.4 Å². The Morgan fingerprint density at radius 3 is 2.79 bits per heavy atom. The fourth-order valence-corrected chi connectivity index (χ4v) is 1.29. The molecule has 0 heterocycles. The van der Waals surface area contributed by atoms with Crippen molar-refractivity contribution in [3.8, 4) is 0 Å². The van der Waals surface area contributed by atoms with Gasteiger partial charge in [0.1, 0.15) is 5.82 Å². The van der Waals surface area contributed by atoms with Gasteiger partial charge in [-0.3, -0.25) is 0 Å². The van der Waals surface area contributed by atoms with Crippen LogP contribution in [0.1, 0.15) is 22.8 Å². The standard InChI is InChI=1S/C10H12FNO2/c1-6(12)4-7-5-8(11)2-3-9(7)10(13)14/h2-3,5-6H,4,12H2,1H3,(H,13,14). The summed E-state index contributed by atoms with van der Waals surface area (Å²) >= 11 is 0. The van der Waals surface area contributed by atoms with E-state index in [0.717, 1.165) is 6.07 Å². The van der Waals surface area contributed by atoms with Crippen LogP contribution in [-0.2, 0) is 6.42 Å². The zero-order valence-electron chi connectivity index (χ0n) is 7.83. The molecule has 0 aliphatic rings. The van der Waals surface area contributed by atoms with Gasteiger partial charge in [0.05, 0.1) is 5.56 Å². The predicted octanol–water partition coefficient (Wildman–Crippen LogP) is 1.41. The number of carboxylic acid groups (broad SMARTS) is 1. The Hall–Kier alpha value is -1.42. The van der Waals surface area contributed by atoms with Crippen molar-refractivity contribution in [2.75, 3.05) is 0 Å². The highest BCUT2D eigenvalue weighted by atomic mass is 19.1. The second-order valence-corrected chi connectivity index (χ2v) is 3.29. The summed E-state index contributed by atoms with van der Waals surface area (Å²) in [5.41, 5.74) is 6.08. The molecule has 0 fully saturated rings. The topological polar surface area (TPSA) is 63.3 Å². The van der Waals surface area contributed by atoms with E-state index in [4.69, 9.17) is 10.8 Å². The molecule has 0 radical (unpaired) electrons. The first-order chi connectivity index (χ1) is 6.50. The van der Waals surface area contributed by atoms with E-state index in [1.807, 2.05) is 0 Å². The molecule has 0 aromatic heterocycles. The van der Waals surface area contributed by atoms with Crippen LogP contribution >= 0.6 is 0 Å². The summed E-state index contributed by atoms with van der Waals surface area (Å²) in [6.45, 7) is 1.75. The molecule has 0 spiro atoms. The van der Waals surface area contributed by atoms with Gasteiger partial charge in [-0.1, -0.05) is 0 Å². The highest BCUT2D eigenvalue weighted by Gasteiger charge is 2.11. The molecule has 0 saturated heterocycles. The summed E-state index contributed by atoms with van der Waals surface area (Å²) < 4.78 is 12.8. The van der Waals surface area contributed by atoms with E-state index in [9.17, 15) is 9.18 Å². The lowest BCUT2D eigenvalue weighted by molar-refractivity contribution is 0.0695. The number of carbonyl (C=O) groups is 1. The molecule has 0 bridgehead atoms. The van der Waals surface area contributed by atoms with Crippen molar-refractivity contribution >= 4 is 5.97 Å². The fraction of sp³-hybridized carbons (Fsp3) is 0.300. The molecule has 3 nitrogen and oxygen atoms in total. The van der Waals surface area contributed by atoms with Crippen LogP contribution in [0.15, 0.2) is 18.2 Å². The summed E-state index contributed by atoms with van der Waals surface area (Å²) in [6.07, 6.45) is 0.361. The van der Waals surface area contributed by atoms with E-state index in [1.54, 1.807) is 6.92 Å². The number of halogens is 1. The van der Waals surface area contributed by atoms with Crippen LogP contribution in [0, 0.1) is 5.82 Å². The minimum absolute atomic E-state index is 0.115. The van der Waals surface area contributed by atoms with E-state index in [2.05, 4.69) is 0 Å². The third-order valence-corrected chi connectivity index (χ3v) is 1.84. The van der Waals surface area contributed by atoms with Crippen LogP contribution in [0.25, 0.3) is 0 Å². The van der Waals surface area contributed by atoms with E-state index < -0.39 is 11.8 Å². The van der Waals surface area contributed by atoms with Gasteiger partial charge in [-0.25, -0.2) is 9.18 Å². The van der Waals surface area contributed by atoms with Gasteiger partial charge in [0.25, 0.3) is 0 Å². The molecule has 1 atom stereocenters. The summed E-state index contributed by atoms with van der Waals surface area (Å²) in [4.78, 5) is 10.8. The minimum Gasteiger partial charge on any atom is -0.478 e. The zero-order valence-corrected chi connectivity index (χ0v) is 7.83. The molecule has 1 aromatic rings. The van der Waals surface area contributed by atoms with Gasteiger partial charge in [0, 0.05) is 6.04 Å². The highest BCUT2D eigenvalue weighted by molar-refractivity contribution is 5.89. The second-order valence-electron chi connectivity index (χ2n) is 3.29. The number of rotatable bonds is 3. The molecular weight excluding hydrogens is 185 g/mol. The molecule has 4 heteroatoms. The number of aromatic carboxylic acids is 1. The Balaban J connectivity index is 3.09. The molecule has 76 valence electrons. The van der Waals surface area contributed by atoms with Crippen molar-refractivity contribution in [3.63, 3.8) is 0 Å². The maximum Gasteiger partial charge on any atom is 0.335 e. The third kappa shape index (κ3) is 2.53. The van der Waals surface area contributed by atoms with E-state index in [1.165, 1.54) is 12.1 Å². The lowest BCUT2D eigenvalue weighted by Crippen LogP contribution is -2.19. The molecule has 3 N–H and O–H groups in total. The largest absolute Gasteiger partial charge is 0.478 e. The van der Waals surface area contributed by atoms with Crippen molar-refractivity contribution < 1.29 is 14.3 Å². The molecule has 0 amide bonds. The molecule has 0 aliphatic carbocycles. The summed E-state index contributed by atoms with van der Waals surface area (Å²) in [5.74, 6) is -1.49. The van der Waals surface area contributed by atoms with Crippen LogP contribution in [-0.4, -0.2) is 17.1 Å². The van der Waals surface area contributed by atoms with Gasteiger partial charge in [-0.05, 0) is 37.1 Å². The Kier molecular flexibility index (Phi) is 3.19. The Morgan fingerprint density at radius 2 is 2.29 bits per heavy atom. The van der Waals surface area contributed by atoms with Gasteiger partial charge in [0.15, 0.2) is 0 Å². The van der Waals surface area contributed by atoms with Crippen molar-refractivity contribution in [2.45, 2.75) is 19.4 Å². The van der Waals surface area contributed by atoms with Gasteiger partial charge in [-0.15, -0.1) is 0 Å². The van der Waals surface area contributed by atoms with Crippen LogP contribution < -0.4 is 5.73 Å². The van der Waals surface area contributed by atoms with Crippen LogP contribution in [0.4, 0.5) is 4.39 Å². The number of carboxylic acids is 1. The average molecular weight is 197 g/mol. The fourth-order valence-electron chi connectivity index (χ4n) is 1.29. The second kappa shape index (κ2) is 4.19. The molecule has 0 aliphatic heterocycles. The average Bonchev–Trinajstić information content (AvgIpc) is 2.01. The van der Waals surface area contributed by atoms with Crippen molar-refractivity contribution in [1.29, 1.82) is 0 Å². The Bertz CT molecular complexity index is 350. The number of nitrogens with two attached hydrogens (primary N) is 1. The normalized spacial score (nSPS) is 12.5. The van der Waals surface area contributed by atoms with Gasteiger partial charge >= 0.3 is 5.97 Å². The van der Waals surface area contributed by atoms with Gasteiger partial charge in [-0.2, -0.15) is 0 Å². The lowest BCUT2D eigenvalue weighted by atomic mass is 10.0. The maximum absolute atomic E-state index is 12.8. The number of hydrogen-bond acceptors (Lipinski definition) is 2. The van der Waals surface area contributed by atoms with Crippen LogP contribution in [0.2, 0.25) is 0 Å². The number of hydrogen-bond donors (Lipinski definition) is 2. The first-order valence-corrected chi connectivity index (χ1v) is 4.28. The zero-order chi connectivity index (χ0) is 10.7. The summed E-state index contributed by atoms with van der Waals surface area (Å²) in [5, 5.41) is 8.81. The van der Waals surface area contributed by atoms with Crippen molar-refractivity contribution in [2.24, 2.45) is 5.73 Å². The predicted molar refractivity (Wildman–Crippen MR) is 50.7 cm³/mol. The SMILES string of the molecule is CC(N)Cc1cc(F)ccc1C(=O)O. The third-order valence-electron chi connectivity index (χ3n) is 1.84. The van der Waals surface area contributed by atoms with E-state index in [-0.39, 0.29) is 11.6 Å². The first-order valence-electron chi connectivity index (χ1n) is 4.28. The van der Waals surface area contributed by atoms with E-state index >= 15 is 0 Å². The molecule has 0 saturated carbocycles. The van der Waals surface area contributed by atoms with Crippen LogP contribution in [0.5, 0.6) is 0 Å². The lowest BCUT2D eigenvalue weighted by Gasteiger charge is -2.08. The van der Waals surface area contributed by atoms with Crippen molar-refractivity contribution in [3.05, 3.63) is 35.1 Å².